The molecule has 1 aliphatic heterocycles. The first-order chi connectivity index (χ1) is 20.7. The number of allylic oxidation sites excluding steroid dienone is 2. The molecule has 1 unspecified atom stereocenters. The summed E-state index contributed by atoms with van der Waals surface area (Å²) in [7, 11) is 0. The monoisotopic (exact) mass is 580 g/mol. The van der Waals surface area contributed by atoms with Gasteiger partial charge in [-0.25, -0.2) is 0 Å². The van der Waals surface area contributed by atoms with Crippen molar-refractivity contribution in [3.63, 3.8) is 0 Å². The van der Waals surface area contributed by atoms with Crippen molar-refractivity contribution in [1.82, 2.24) is 9.80 Å². The molecule has 0 spiro atoms. The van der Waals surface area contributed by atoms with Gasteiger partial charge in [0.15, 0.2) is 11.6 Å². The van der Waals surface area contributed by atoms with Gasteiger partial charge in [-0.15, -0.1) is 0 Å². The van der Waals surface area contributed by atoms with Crippen LogP contribution in [0.1, 0.15) is 58.2 Å². The molecule has 5 rings (SSSR count). The van der Waals surface area contributed by atoms with E-state index in [4.69, 9.17) is 4.74 Å². The number of ether oxygens (including phenoxy) is 1. The highest BCUT2D eigenvalue weighted by molar-refractivity contribution is 6.27. The molecular weight excluding hydrogens is 544 g/mol. The number of nitrogens with zero attached hydrogens (tertiary/aromatic N) is 2. The van der Waals surface area contributed by atoms with Crippen molar-refractivity contribution in [2.45, 2.75) is 32.4 Å². The van der Waals surface area contributed by atoms with Gasteiger partial charge in [0.05, 0.1) is 23.7 Å². The normalized spacial score (nSPS) is 16.4. The molecule has 8 nitrogen and oxygen atoms in total. The number of carbonyl (C=O) groups is 3. The number of carbonyl (C=O) groups excluding carboxylic acids is 3. The minimum atomic E-state index is -1.02. The highest BCUT2D eigenvalue weighted by Crippen LogP contribution is 2.36. The third-order valence-corrected chi connectivity index (χ3v) is 7.90. The summed E-state index contributed by atoms with van der Waals surface area (Å²) in [5, 5.41) is 20.5. The van der Waals surface area contributed by atoms with Gasteiger partial charge >= 0.3 is 5.97 Å². The van der Waals surface area contributed by atoms with E-state index >= 15 is 0 Å². The van der Waals surface area contributed by atoms with E-state index in [1.54, 1.807) is 0 Å². The van der Waals surface area contributed by atoms with E-state index in [2.05, 4.69) is 29.2 Å². The number of hydrogen-bond acceptors (Lipinski definition) is 8. The van der Waals surface area contributed by atoms with Gasteiger partial charge in [0.2, 0.25) is 0 Å². The number of Topliss-reactive ketones (excluding diaryl/α,β-unsaturated/α-hetero) is 1. The summed E-state index contributed by atoms with van der Waals surface area (Å²) in [6.07, 6.45) is 2.11. The molecule has 222 valence electrons. The first-order valence-corrected chi connectivity index (χ1v) is 14.5. The van der Waals surface area contributed by atoms with E-state index in [9.17, 15) is 24.6 Å². The number of phenolic OH excluding ortho intramolecular Hbond substituents is 2. The number of phenols is 2. The van der Waals surface area contributed by atoms with Gasteiger partial charge in [0.1, 0.15) is 17.6 Å². The smallest absolute Gasteiger partial charge is 0.320 e. The van der Waals surface area contributed by atoms with Crippen molar-refractivity contribution < 1.29 is 29.3 Å². The average Bonchev–Trinajstić information content (AvgIpc) is 3.00. The Hall–Kier alpha value is -4.53. The molecule has 3 aromatic rings. The lowest BCUT2D eigenvalue weighted by Gasteiger charge is -2.39. The van der Waals surface area contributed by atoms with Crippen molar-refractivity contribution in [2.75, 3.05) is 32.7 Å². The van der Waals surface area contributed by atoms with E-state index in [0.29, 0.717) is 13.1 Å². The zero-order valence-corrected chi connectivity index (χ0v) is 24.4. The van der Waals surface area contributed by atoms with Crippen LogP contribution in [0.5, 0.6) is 11.5 Å². The van der Waals surface area contributed by atoms with E-state index in [0.717, 1.165) is 24.7 Å². The average molecular weight is 581 g/mol. The predicted molar refractivity (Wildman–Crippen MR) is 163 cm³/mol. The van der Waals surface area contributed by atoms with Crippen LogP contribution in [0.25, 0.3) is 0 Å². The second-order valence-electron chi connectivity index (χ2n) is 11.2. The standard InChI is InChI=1S/C35H36N2O6/c1-23(2)13-16-30(26-21-29(40)32-27(38)14-15-28(39)33(32)35(26)42)43-31(41)22-36-17-19-37(20-18-36)34(24-9-5-3-6-10-24)25-11-7-4-8-12-25/h3-15,21,30,34,38-39H,16-20,22H2,1-2H3. The van der Waals surface area contributed by atoms with Gasteiger partial charge in [-0.05, 0) is 43.2 Å². The Morgan fingerprint density at radius 1 is 0.837 bits per heavy atom. The lowest BCUT2D eigenvalue weighted by molar-refractivity contribution is -0.148. The van der Waals surface area contributed by atoms with E-state index in [1.165, 1.54) is 23.3 Å². The van der Waals surface area contributed by atoms with Gasteiger partial charge in [-0.2, -0.15) is 0 Å². The molecule has 1 atom stereocenters. The van der Waals surface area contributed by atoms with Crippen molar-refractivity contribution in [3.05, 3.63) is 118 Å². The maximum Gasteiger partial charge on any atom is 0.320 e. The van der Waals surface area contributed by atoms with E-state index < -0.39 is 29.4 Å². The third kappa shape index (κ3) is 6.77. The summed E-state index contributed by atoms with van der Waals surface area (Å²) >= 11 is 0. The van der Waals surface area contributed by atoms with Crippen LogP contribution in [-0.4, -0.2) is 76.4 Å². The summed E-state index contributed by atoms with van der Waals surface area (Å²) in [5.41, 5.74) is 2.84. The minimum absolute atomic E-state index is 0.0253. The zero-order valence-electron chi connectivity index (χ0n) is 24.4. The van der Waals surface area contributed by atoms with Crippen LogP contribution in [0, 0.1) is 0 Å². The zero-order chi connectivity index (χ0) is 30.5. The molecule has 0 radical (unpaired) electrons. The van der Waals surface area contributed by atoms with Gasteiger partial charge in [-0.1, -0.05) is 72.3 Å². The number of hydrogen-bond donors (Lipinski definition) is 2. The number of fused-ring (bicyclic) bond motifs is 1. The molecule has 2 N–H and O–H groups in total. The molecule has 3 aromatic carbocycles. The Morgan fingerprint density at radius 3 is 1.95 bits per heavy atom. The molecule has 2 aliphatic rings. The van der Waals surface area contributed by atoms with Gasteiger partial charge in [-0.3, -0.25) is 24.2 Å². The predicted octanol–water partition coefficient (Wildman–Crippen LogP) is 5.08. The van der Waals surface area contributed by atoms with E-state index in [1.807, 2.05) is 61.2 Å². The number of ketones is 2. The fourth-order valence-corrected chi connectivity index (χ4v) is 5.75. The topological polar surface area (TPSA) is 107 Å². The Labute approximate surface area is 251 Å². The van der Waals surface area contributed by atoms with Crippen molar-refractivity contribution >= 4 is 17.5 Å². The van der Waals surface area contributed by atoms with Crippen LogP contribution in [0.15, 0.2) is 96.1 Å². The quantitative estimate of drug-likeness (QED) is 0.205. The Balaban J connectivity index is 1.27. The SMILES string of the molecule is CC(C)=CCC(OC(=O)CN1CCN(C(c2ccccc2)c2ccccc2)CC1)C1=CC(=O)c2c(O)ccc(O)c2C1=O. The molecule has 0 saturated carbocycles. The van der Waals surface area contributed by atoms with Crippen LogP contribution < -0.4 is 0 Å². The largest absolute Gasteiger partial charge is 0.507 e. The second kappa shape index (κ2) is 13.2. The molecular formula is C35H36N2O6. The Morgan fingerprint density at radius 2 is 1.40 bits per heavy atom. The molecule has 1 fully saturated rings. The second-order valence-corrected chi connectivity index (χ2v) is 11.2. The lowest BCUT2D eigenvalue weighted by atomic mass is 9.85. The van der Waals surface area contributed by atoms with Crippen LogP contribution in [0.4, 0.5) is 0 Å². The summed E-state index contributed by atoms with van der Waals surface area (Å²) in [6, 6.07) is 23.2. The van der Waals surface area contributed by atoms with Crippen molar-refractivity contribution in [2.24, 2.45) is 0 Å². The highest BCUT2D eigenvalue weighted by Gasteiger charge is 2.36. The molecule has 1 heterocycles. The number of rotatable bonds is 9. The fourth-order valence-electron chi connectivity index (χ4n) is 5.75. The Kier molecular flexibility index (Phi) is 9.19. The number of aromatic hydroxyl groups is 2. The molecule has 8 heteroatoms. The van der Waals surface area contributed by atoms with Crippen molar-refractivity contribution in [1.29, 1.82) is 0 Å². The first-order valence-electron chi connectivity index (χ1n) is 14.5. The molecule has 0 bridgehead atoms. The molecule has 1 aliphatic carbocycles. The summed E-state index contributed by atoms with van der Waals surface area (Å²) in [5.74, 6) is -2.58. The minimum Gasteiger partial charge on any atom is -0.507 e. The maximum atomic E-state index is 13.4. The first kappa shape index (κ1) is 29.9. The van der Waals surface area contributed by atoms with Gasteiger partial charge in [0.25, 0.3) is 0 Å². The van der Waals surface area contributed by atoms with E-state index in [-0.39, 0.29) is 41.5 Å². The fraction of sp³-hybridized carbons (Fsp3) is 0.286. The molecule has 1 saturated heterocycles. The number of piperazine rings is 1. The summed E-state index contributed by atoms with van der Waals surface area (Å²) in [4.78, 5) is 44.0. The molecule has 0 amide bonds. The molecule has 0 aromatic heterocycles. The number of esters is 1. The van der Waals surface area contributed by atoms with Crippen LogP contribution in [0.2, 0.25) is 0 Å². The third-order valence-electron chi connectivity index (χ3n) is 7.90. The number of benzene rings is 3. The maximum absolute atomic E-state index is 13.4. The summed E-state index contributed by atoms with van der Waals surface area (Å²) < 4.78 is 5.84. The van der Waals surface area contributed by atoms with Crippen LogP contribution in [-0.2, 0) is 9.53 Å². The highest BCUT2D eigenvalue weighted by atomic mass is 16.5. The summed E-state index contributed by atoms with van der Waals surface area (Å²) in [6.45, 7) is 6.63. The van der Waals surface area contributed by atoms with Crippen LogP contribution in [0.3, 0.4) is 0 Å². The van der Waals surface area contributed by atoms with Gasteiger partial charge < -0.3 is 14.9 Å². The van der Waals surface area contributed by atoms with Crippen molar-refractivity contribution in [3.8, 4) is 11.5 Å². The Bertz CT molecular complexity index is 1510. The van der Waals surface area contributed by atoms with Crippen LogP contribution >= 0.6 is 0 Å². The molecule has 43 heavy (non-hydrogen) atoms. The lowest BCUT2D eigenvalue weighted by Crippen LogP contribution is -2.49. The van der Waals surface area contributed by atoms with Gasteiger partial charge in [0, 0.05) is 38.2 Å².